The summed E-state index contributed by atoms with van der Waals surface area (Å²) in [7, 11) is 0. The molecule has 2 amide bonds. The van der Waals surface area contributed by atoms with E-state index < -0.39 is 5.91 Å². The van der Waals surface area contributed by atoms with Gasteiger partial charge in [0.1, 0.15) is 11.5 Å². The smallest absolute Gasteiger partial charge is 0.291 e. The van der Waals surface area contributed by atoms with Gasteiger partial charge in [0, 0.05) is 17.3 Å². The van der Waals surface area contributed by atoms with Crippen molar-refractivity contribution in [3.05, 3.63) is 95.8 Å². The predicted molar refractivity (Wildman–Crippen MR) is 114 cm³/mol. The number of ether oxygens (including phenoxy) is 1. The molecule has 0 spiro atoms. The van der Waals surface area contributed by atoms with Crippen LogP contribution in [0.4, 0.5) is 11.4 Å². The number of nitrogens with one attached hydrogen (secondary N) is 2. The summed E-state index contributed by atoms with van der Waals surface area (Å²) >= 11 is 0. The van der Waals surface area contributed by atoms with Crippen molar-refractivity contribution < 1.29 is 23.2 Å². The van der Waals surface area contributed by atoms with E-state index in [-0.39, 0.29) is 17.4 Å². The molecular weight excluding hydrogens is 396 g/mol. The van der Waals surface area contributed by atoms with E-state index in [1.54, 1.807) is 36.4 Å². The minimum Gasteiger partial charge on any atom is -0.459 e. The van der Waals surface area contributed by atoms with Gasteiger partial charge in [0.25, 0.3) is 11.8 Å². The van der Waals surface area contributed by atoms with E-state index in [9.17, 15) is 9.59 Å². The van der Waals surface area contributed by atoms with Gasteiger partial charge in [-0.15, -0.1) is 0 Å². The molecule has 2 aromatic carbocycles. The van der Waals surface area contributed by atoms with Gasteiger partial charge in [0.05, 0.1) is 18.2 Å². The first-order valence-corrected chi connectivity index (χ1v) is 9.80. The normalized spacial score (nSPS) is 12.1. The molecule has 1 aliphatic rings. The lowest BCUT2D eigenvalue weighted by atomic mass is 10.0. The average Bonchev–Trinajstić information content (AvgIpc) is 3.46. The highest BCUT2D eigenvalue weighted by Gasteiger charge is 2.22. The van der Waals surface area contributed by atoms with Crippen molar-refractivity contribution in [3.8, 4) is 11.5 Å². The van der Waals surface area contributed by atoms with E-state index in [2.05, 4.69) is 10.6 Å². The second-order valence-electron chi connectivity index (χ2n) is 7.07. The Labute approximate surface area is 177 Å². The number of aryl methyl sites for hydroxylation is 1. The highest BCUT2D eigenvalue weighted by molar-refractivity contribution is 6.05. The molecule has 0 aliphatic carbocycles. The second-order valence-corrected chi connectivity index (χ2v) is 7.07. The summed E-state index contributed by atoms with van der Waals surface area (Å²) in [5.74, 6) is 0.903. The summed E-state index contributed by atoms with van der Waals surface area (Å²) < 4.78 is 16.5. The molecule has 2 aromatic heterocycles. The van der Waals surface area contributed by atoms with Crippen molar-refractivity contribution in [3.63, 3.8) is 0 Å². The molecule has 4 aromatic rings. The molecule has 0 saturated carbocycles. The van der Waals surface area contributed by atoms with Crippen LogP contribution in [0.5, 0.6) is 11.5 Å². The van der Waals surface area contributed by atoms with E-state index in [1.807, 2.05) is 24.3 Å². The maximum Gasteiger partial charge on any atom is 0.291 e. The minimum absolute atomic E-state index is 0.183. The molecule has 5 rings (SSSR count). The van der Waals surface area contributed by atoms with Crippen molar-refractivity contribution >= 4 is 23.2 Å². The van der Waals surface area contributed by atoms with Crippen LogP contribution in [0.25, 0.3) is 0 Å². The summed E-state index contributed by atoms with van der Waals surface area (Å²) in [5, 5.41) is 5.69. The summed E-state index contributed by atoms with van der Waals surface area (Å²) in [4.78, 5) is 25.1. The van der Waals surface area contributed by atoms with Crippen LogP contribution >= 0.6 is 0 Å². The van der Waals surface area contributed by atoms with Crippen LogP contribution in [0.15, 0.2) is 82.0 Å². The molecular formula is C24H18N2O5. The van der Waals surface area contributed by atoms with Crippen LogP contribution in [-0.2, 0) is 12.8 Å². The van der Waals surface area contributed by atoms with E-state index >= 15 is 0 Å². The monoisotopic (exact) mass is 414 g/mol. The molecule has 31 heavy (non-hydrogen) atoms. The fourth-order valence-corrected chi connectivity index (χ4v) is 3.56. The Balaban J connectivity index is 1.53. The van der Waals surface area contributed by atoms with E-state index in [0.717, 1.165) is 23.3 Å². The fraction of sp³-hybridized carbons (Fsp3) is 0.0833. The Kier molecular flexibility index (Phi) is 4.76. The number of carbonyl (C=O) groups excluding carboxylic acids is 2. The van der Waals surface area contributed by atoms with Crippen molar-refractivity contribution in [1.29, 1.82) is 0 Å². The summed E-state index contributed by atoms with van der Waals surface area (Å²) in [6.07, 6.45) is 4.29. The van der Waals surface area contributed by atoms with Gasteiger partial charge in [0.15, 0.2) is 11.5 Å². The minimum atomic E-state index is -0.401. The maximum atomic E-state index is 12.6. The number of anilines is 2. The van der Waals surface area contributed by atoms with Gasteiger partial charge in [-0.3, -0.25) is 9.59 Å². The third-order valence-corrected chi connectivity index (χ3v) is 5.04. The van der Waals surface area contributed by atoms with Crippen LogP contribution in [0.3, 0.4) is 0 Å². The lowest BCUT2D eigenvalue weighted by Gasteiger charge is -2.16. The molecule has 0 bridgehead atoms. The Hall–Kier alpha value is -4.26. The predicted octanol–water partition coefficient (Wildman–Crippen LogP) is 5.27. The van der Waals surface area contributed by atoms with Crippen molar-refractivity contribution in [2.75, 3.05) is 10.6 Å². The Bertz CT molecular complexity index is 1240. The third-order valence-electron chi connectivity index (χ3n) is 5.04. The first-order chi connectivity index (χ1) is 15.2. The van der Waals surface area contributed by atoms with Crippen LogP contribution in [0, 0.1) is 0 Å². The van der Waals surface area contributed by atoms with Crippen molar-refractivity contribution in [2.45, 2.75) is 12.8 Å². The van der Waals surface area contributed by atoms with Gasteiger partial charge < -0.3 is 24.2 Å². The zero-order chi connectivity index (χ0) is 21.2. The second kappa shape index (κ2) is 7.87. The van der Waals surface area contributed by atoms with Gasteiger partial charge in [-0.25, -0.2) is 0 Å². The van der Waals surface area contributed by atoms with Gasteiger partial charge in [-0.2, -0.15) is 0 Å². The van der Waals surface area contributed by atoms with Gasteiger partial charge >= 0.3 is 0 Å². The molecule has 7 nitrogen and oxygen atoms in total. The molecule has 0 saturated heterocycles. The number of furan rings is 2. The lowest BCUT2D eigenvalue weighted by Crippen LogP contribution is -2.15. The van der Waals surface area contributed by atoms with Gasteiger partial charge in [0.2, 0.25) is 0 Å². The number of carbonyl (C=O) groups is 2. The quantitative estimate of drug-likeness (QED) is 0.475. The number of hydrogen-bond acceptors (Lipinski definition) is 5. The first kappa shape index (κ1) is 18.7. The van der Waals surface area contributed by atoms with E-state index in [0.29, 0.717) is 23.5 Å². The molecule has 3 heterocycles. The Morgan fingerprint density at radius 3 is 2.16 bits per heavy atom. The molecule has 0 unspecified atom stereocenters. The number of para-hydroxylation sites is 1. The fourth-order valence-electron chi connectivity index (χ4n) is 3.56. The lowest BCUT2D eigenvalue weighted by molar-refractivity contribution is 0.0990. The number of fused-ring (bicyclic) bond motifs is 2. The summed E-state index contributed by atoms with van der Waals surface area (Å²) in [6.45, 7) is 0. The van der Waals surface area contributed by atoms with E-state index in [1.165, 1.54) is 12.5 Å². The summed E-state index contributed by atoms with van der Waals surface area (Å²) in [5.41, 5.74) is 2.92. The van der Waals surface area contributed by atoms with Crippen molar-refractivity contribution in [2.24, 2.45) is 0 Å². The van der Waals surface area contributed by atoms with E-state index in [4.69, 9.17) is 13.6 Å². The number of benzene rings is 2. The third kappa shape index (κ3) is 3.81. The van der Waals surface area contributed by atoms with Crippen LogP contribution in [0.1, 0.15) is 32.2 Å². The number of hydrogen-bond donors (Lipinski definition) is 2. The molecule has 1 aliphatic heterocycles. The first-order valence-electron chi connectivity index (χ1n) is 9.80. The van der Waals surface area contributed by atoms with Gasteiger partial charge in [-0.05, 0) is 54.8 Å². The zero-order valence-corrected chi connectivity index (χ0v) is 16.4. The molecule has 0 fully saturated rings. The van der Waals surface area contributed by atoms with Crippen LogP contribution < -0.4 is 15.4 Å². The largest absolute Gasteiger partial charge is 0.459 e. The summed E-state index contributed by atoms with van der Waals surface area (Å²) in [6, 6.07) is 17.7. The van der Waals surface area contributed by atoms with Crippen LogP contribution in [-0.4, -0.2) is 11.8 Å². The van der Waals surface area contributed by atoms with Gasteiger partial charge in [-0.1, -0.05) is 18.2 Å². The Morgan fingerprint density at radius 1 is 0.742 bits per heavy atom. The topological polar surface area (TPSA) is 93.7 Å². The highest BCUT2D eigenvalue weighted by Crippen LogP contribution is 2.39. The molecule has 154 valence electrons. The maximum absolute atomic E-state index is 12.6. The SMILES string of the molecule is O=C(Nc1cc(NC(=O)c2ccco2)c2c(c1)Oc1ccccc1CC2)c1ccco1. The average molecular weight is 414 g/mol. The van der Waals surface area contributed by atoms with Crippen LogP contribution in [0.2, 0.25) is 0 Å². The number of amides is 2. The molecule has 0 radical (unpaired) electrons. The molecule has 0 atom stereocenters. The molecule has 7 heteroatoms. The standard InChI is InChI=1S/C24H18N2O5/c27-23(20-7-3-11-29-20)25-16-13-18(26-24(28)21-8-4-12-30-21)17-10-9-15-5-1-2-6-19(15)31-22(17)14-16/h1-8,11-14H,9-10H2,(H,25,27)(H,26,28). The molecule has 2 N–H and O–H groups in total. The Morgan fingerprint density at radius 2 is 1.45 bits per heavy atom. The van der Waals surface area contributed by atoms with Crippen molar-refractivity contribution in [1.82, 2.24) is 0 Å². The number of rotatable bonds is 4. The zero-order valence-electron chi connectivity index (χ0n) is 16.4. The highest BCUT2D eigenvalue weighted by atomic mass is 16.5.